The first-order valence-corrected chi connectivity index (χ1v) is 8.51. The Kier molecular flexibility index (Phi) is 3.52. The summed E-state index contributed by atoms with van der Waals surface area (Å²) in [7, 11) is 0. The van der Waals surface area contributed by atoms with Crippen LogP contribution in [0.25, 0.3) is 0 Å². The molecule has 0 aromatic heterocycles. The molecule has 0 spiro atoms. The molecule has 4 nitrogen and oxygen atoms in total. The monoisotopic (exact) mass is 328 g/mol. The number of ketones is 3. The van der Waals surface area contributed by atoms with E-state index >= 15 is 0 Å². The number of carbonyl (C=O) groups is 3. The van der Waals surface area contributed by atoms with Crippen LogP contribution < -0.4 is 0 Å². The zero-order valence-corrected chi connectivity index (χ0v) is 14.9. The average Bonchev–Trinajstić information content (AvgIpc) is 2.46. The van der Waals surface area contributed by atoms with Gasteiger partial charge in [0.2, 0.25) is 5.78 Å². The van der Waals surface area contributed by atoms with Crippen LogP contribution in [0.5, 0.6) is 0 Å². The molecule has 4 heteroatoms. The summed E-state index contributed by atoms with van der Waals surface area (Å²) in [6.45, 7) is 9.28. The van der Waals surface area contributed by atoms with Crippen molar-refractivity contribution in [2.24, 2.45) is 22.7 Å². The van der Waals surface area contributed by atoms with E-state index < -0.39 is 16.7 Å². The maximum absolute atomic E-state index is 12.9. The first-order chi connectivity index (χ1) is 11.0. The van der Waals surface area contributed by atoms with Gasteiger partial charge in [-0.05, 0) is 30.1 Å². The molecule has 0 heterocycles. The predicted octanol–water partition coefficient (Wildman–Crippen LogP) is 3.48. The van der Waals surface area contributed by atoms with Gasteiger partial charge in [0.1, 0.15) is 5.78 Å². The smallest absolute Gasteiger partial charge is 0.223 e. The van der Waals surface area contributed by atoms with E-state index in [-0.39, 0.29) is 29.0 Å². The highest BCUT2D eigenvalue weighted by Gasteiger charge is 2.59. The molecule has 128 valence electrons. The van der Waals surface area contributed by atoms with Crippen molar-refractivity contribution in [2.75, 3.05) is 0 Å². The molecular weight excluding hydrogens is 304 g/mol. The second-order valence-electron chi connectivity index (χ2n) is 8.30. The largest absolute Gasteiger partial charge is 0.504 e. The van der Waals surface area contributed by atoms with Crippen LogP contribution >= 0.6 is 0 Å². The summed E-state index contributed by atoms with van der Waals surface area (Å²) in [5, 5.41) is 10.7. The lowest BCUT2D eigenvalue weighted by atomic mass is 9.49. The quantitative estimate of drug-likeness (QED) is 0.800. The minimum atomic E-state index is -0.801. The lowest BCUT2D eigenvalue weighted by Gasteiger charge is -2.52. The Morgan fingerprint density at radius 3 is 2.33 bits per heavy atom. The second-order valence-corrected chi connectivity index (χ2v) is 8.30. The fourth-order valence-electron chi connectivity index (χ4n) is 4.81. The van der Waals surface area contributed by atoms with Crippen molar-refractivity contribution in [1.82, 2.24) is 0 Å². The molecule has 0 aromatic rings. The molecule has 1 N–H and O–H groups in total. The standard InChI is InChI=1S/C20H24O4/c1-10(2)12-8-11-9-13(21)18-19(3,4)14(22)6-7-20(18,5)15(11)17(24)16(12)23/h8-10,18,24H,6-7H2,1-5H3. The van der Waals surface area contributed by atoms with Crippen LogP contribution in [-0.2, 0) is 14.4 Å². The number of carbonyl (C=O) groups excluding carboxylic acids is 3. The summed E-state index contributed by atoms with van der Waals surface area (Å²) in [4.78, 5) is 37.8. The maximum Gasteiger partial charge on any atom is 0.223 e. The Bertz CT molecular complexity index is 761. The number of rotatable bonds is 1. The predicted molar refractivity (Wildman–Crippen MR) is 90.3 cm³/mol. The third-order valence-corrected chi connectivity index (χ3v) is 6.04. The van der Waals surface area contributed by atoms with Gasteiger partial charge in [-0.3, -0.25) is 14.4 Å². The Hall–Kier alpha value is -1.97. The molecular formula is C20H24O4. The van der Waals surface area contributed by atoms with Gasteiger partial charge in [0, 0.05) is 34.3 Å². The number of hydrogen-bond acceptors (Lipinski definition) is 4. The van der Waals surface area contributed by atoms with E-state index in [0.29, 0.717) is 29.6 Å². The maximum atomic E-state index is 12.9. The number of hydrogen-bond donors (Lipinski definition) is 1. The van der Waals surface area contributed by atoms with Gasteiger partial charge in [0.25, 0.3) is 0 Å². The Labute approximate surface area is 142 Å². The van der Waals surface area contributed by atoms with Crippen LogP contribution in [0, 0.1) is 22.7 Å². The molecule has 3 rings (SSSR count). The highest BCUT2D eigenvalue weighted by molar-refractivity contribution is 6.12. The van der Waals surface area contributed by atoms with E-state index in [0.717, 1.165) is 0 Å². The van der Waals surface area contributed by atoms with Crippen molar-refractivity contribution in [3.8, 4) is 0 Å². The van der Waals surface area contributed by atoms with Gasteiger partial charge in [-0.15, -0.1) is 0 Å². The zero-order valence-electron chi connectivity index (χ0n) is 14.9. The van der Waals surface area contributed by atoms with Crippen LogP contribution in [-0.4, -0.2) is 22.5 Å². The molecule has 3 aliphatic rings. The van der Waals surface area contributed by atoms with Crippen LogP contribution in [0.2, 0.25) is 0 Å². The van der Waals surface area contributed by atoms with Crippen molar-refractivity contribution >= 4 is 17.3 Å². The van der Waals surface area contributed by atoms with Gasteiger partial charge in [-0.1, -0.05) is 34.6 Å². The van der Waals surface area contributed by atoms with Crippen LogP contribution in [0.4, 0.5) is 0 Å². The molecule has 2 unspecified atom stereocenters. The van der Waals surface area contributed by atoms with Gasteiger partial charge in [0.15, 0.2) is 11.5 Å². The number of allylic oxidation sites excluding steroid dienone is 5. The van der Waals surface area contributed by atoms with E-state index in [2.05, 4.69) is 0 Å². The highest BCUT2D eigenvalue weighted by atomic mass is 16.3. The third-order valence-electron chi connectivity index (χ3n) is 6.04. The highest BCUT2D eigenvalue weighted by Crippen LogP contribution is 2.58. The molecule has 2 atom stereocenters. The van der Waals surface area contributed by atoms with Crippen molar-refractivity contribution in [2.45, 2.75) is 47.5 Å². The second kappa shape index (κ2) is 5.01. The summed E-state index contributed by atoms with van der Waals surface area (Å²) < 4.78 is 0. The topological polar surface area (TPSA) is 71.4 Å². The first kappa shape index (κ1) is 16.9. The molecule has 0 bridgehead atoms. The van der Waals surface area contributed by atoms with Crippen LogP contribution in [0.3, 0.4) is 0 Å². The average molecular weight is 328 g/mol. The summed E-state index contributed by atoms with van der Waals surface area (Å²) >= 11 is 0. The Morgan fingerprint density at radius 2 is 1.75 bits per heavy atom. The van der Waals surface area contributed by atoms with Gasteiger partial charge in [0.05, 0.1) is 0 Å². The number of aliphatic hydroxyl groups excluding tert-OH is 1. The van der Waals surface area contributed by atoms with Gasteiger partial charge in [-0.2, -0.15) is 0 Å². The molecule has 1 fully saturated rings. The van der Waals surface area contributed by atoms with Crippen molar-refractivity contribution in [3.05, 3.63) is 34.6 Å². The van der Waals surface area contributed by atoms with E-state index in [4.69, 9.17) is 0 Å². The number of aliphatic hydroxyl groups is 1. The zero-order chi connectivity index (χ0) is 18.0. The third kappa shape index (κ3) is 2.01. The van der Waals surface area contributed by atoms with E-state index in [1.807, 2.05) is 20.8 Å². The van der Waals surface area contributed by atoms with Gasteiger partial charge >= 0.3 is 0 Å². The van der Waals surface area contributed by atoms with E-state index in [1.54, 1.807) is 19.9 Å². The van der Waals surface area contributed by atoms with Gasteiger partial charge < -0.3 is 5.11 Å². The summed E-state index contributed by atoms with van der Waals surface area (Å²) in [5.41, 5.74) is 0.192. The number of fused-ring (bicyclic) bond motifs is 3. The van der Waals surface area contributed by atoms with Crippen LogP contribution in [0.15, 0.2) is 34.6 Å². The molecule has 3 aliphatic carbocycles. The van der Waals surface area contributed by atoms with Crippen molar-refractivity contribution < 1.29 is 19.5 Å². The fraction of sp³-hybridized carbons (Fsp3) is 0.550. The van der Waals surface area contributed by atoms with Crippen molar-refractivity contribution in [3.63, 3.8) is 0 Å². The minimum absolute atomic E-state index is 0.0351. The number of Topliss-reactive ketones (excluding diaryl/α,β-unsaturated/α-hetero) is 2. The Morgan fingerprint density at radius 1 is 1.12 bits per heavy atom. The van der Waals surface area contributed by atoms with Crippen LogP contribution in [0.1, 0.15) is 47.5 Å². The molecule has 0 saturated heterocycles. The lowest BCUT2D eigenvalue weighted by Crippen LogP contribution is -2.54. The molecule has 0 aromatic carbocycles. The molecule has 0 radical (unpaired) electrons. The molecule has 24 heavy (non-hydrogen) atoms. The summed E-state index contributed by atoms with van der Waals surface area (Å²) in [6.07, 6.45) is 4.07. The lowest BCUT2D eigenvalue weighted by molar-refractivity contribution is -0.146. The minimum Gasteiger partial charge on any atom is -0.504 e. The summed E-state index contributed by atoms with van der Waals surface area (Å²) in [6, 6.07) is 0. The molecule has 0 aliphatic heterocycles. The molecule has 0 amide bonds. The Balaban J connectivity index is 2.26. The summed E-state index contributed by atoms with van der Waals surface area (Å²) in [5.74, 6) is -1.22. The fourth-order valence-corrected chi connectivity index (χ4v) is 4.81. The first-order valence-electron chi connectivity index (χ1n) is 8.51. The molecule has 1 saturated carbocycles. The SMILES string of the molecule is CC(C)C1=CC2=CC(=O)C3C(C)(C)C(=O)CCC3(C)C2=C(O)C1=O. The van der Waals surface area contributed by atoms with Gasteiger partial charge in [-0.25, -0.2) is 0 Å². The van der Waals surface area contributed by atoms with E-state index in [9.17, 15) is 19.5 Å². The van der Waals surface area contributed by atoms with E-state index in [1.165, 1.54) is 6.08 Å². The van der Waals surface area contributed by atoms with Crippen molar-refractivity contribution in [1.29, 1.82) is 0 Å². The normalized spacial score (nSPS) is 32.4.